The van der Waals surface area contributed by atoms with Gasteiger partial charge in [0.2, 0.25) is 0 Å². The maximum atomic E-state index is 9.90. The van der Waals surface area contributed by atoms with E-state index in [-0.39, 0.29) is 144 Å². The fourth-order valence-electron chi connectivity index (χ4n) is 1.24. The van der Waals surface area contributed by atoms with Crippen LogP contribution in [0, 0.1) is 5.41 Å². The number of aliphatic hydroxyl groups excluding tert-OH is 10. The van der Waals surface area contributed by atoms with Crippen LogP contribution in [-0.2, 0) is 18.7 Å². The first kappa shape index (κ1) is 67.6. The van der Waals surface area contributed by atoms with E-state index in [9.17, 15) is 9.59 Å². The van der Waals surface area contributed by atoms with Gasteiger partial charge in [0.15, 0.2) is 18.5 Å². The molecule has 0 aliphatic carbocycles. The zero-order valence-corrected chi connectivity index (χ0v) is 31.1. The molecule has 0 saturated heterocycles. The van der Waals surface area contributed by atoms with Crippen LogP contribution in [0.2, 0.25) is 0 Å². The number of carbonyl (C=O) groups is 2. The van der Waals surface area contributed by atoms with Crippen LogP contribution in [0.4, 0.5) is 0 Å². The van der Waals surface area contributed by atoms with E-state index < -0.39 is 77.7 Å². The first-order chi connectivity index (χ1) is 17.4. The molecule has 0 bridgehead atoms. The van der Waals surface area contributed by atoms with Gasteiger partial charge >= 0.3 is 113 Å². The predicted molar refractivity (Wildman–Crippen MR) is 133 cm³/mol. The second-order valence-corrected chi connectivity index (χ2v) is 7.96. The molecule has 0 aliphatic heterocycles. The zero-order valence-electron chi connectivity index (χ0n) is 21.8. The number of aldehydes is 2. The van der Waals surface area contributed by atoms with Gasteiger partial charge in [-0.25, -0.2) is 5.84 Å². The molecule has 43 heavy (non-hydrogen) atoms. The Balaban J connectivity index is -0.0000000498. The number of nitrogens with one attached hydrogen (secondary N) is 2. The van der Waals surface area contributed by atoms with E-state index in [1.807, 2.05) is 5.43 Å². The molecule has 0 spiro atoms. The second kappa shape index (κ2) is 38.9. The summed E-state index contributed by atoms with van der Waals surface area (Å²) in [6, 6.07) is 0. The van der Waals surface area contributed by atoms with E-state index >= 15 is 0 Å². The number of halogens is 1. The van der Waals surface area contributed by atoms with Crippen molar-refractivity contribution in [3.8, 4) is 0 Å². The third kappa shape index (κ3) is 60.3. The van der Waals surface area contributed by atoms with Gasteiger partial charge in [-0.1, -0.05) is 0 Å². The second-order valence-electron chi connectivity index (χ2n) is 6.17. The van der Waals surface area contributed by atoms with E-state index in [0.29, 0.717) is 0 Å². The maximum absolute atomic E-state index is 9.90. The smallest absolute Gasteiger partial charge is 0.822 e. The molecule has 246 valence electrons. The van der Waals surface area contributed by atoms with Crippen molar-refractivity contribution < 1.29 is 99.1 Å². The molecule has 0 amide bonds. The fourth-order valence-corrected chi connectivity index (χ4v) is 1.24. The fraction of sp³-hybridized carbons (Fsp3) is 0.769. The van der Waals surface area contributed by atoms with Gasteiger partial charge in [0.05, 0.1) is 13.2 Å². The minimum absolute atomic E-state index is 0. The minimum atomic E-state index is -5.39. The summed E-state index contributed by atoms with van der Waals surface area (Å²) in [6.07, 6.45) is -13.7. The average Bonchev–Trinajstić information content (AvgIpc) is 2.83. The molecule has 0 aromatic rings. The van der Waals surface area contributed by atoms with Crippen LogP contribution in [0.25, 0.3) is 0 Å². The van der Waals surface area contributed by atoms with Crippen LogP contribution in [0.15, 0.2) is 0 Å². The van der Waals surface area contributed by atoms with E-state index in [1.165, 1.54) is 0 Å². The number of guanidine groups is 1. The first-order valence-electron chi connectivity index (χ1n) is 9.19. The maximum Gasteiger partial charge on any atom is 2.00 e. The van der Waals surface area contributed by atoms with Gasteiger partial charge < -0.3 is 105 Å². The third-order valence-electron chi connectivity index (χ3n) is 3.00. The molecular weight excluding hydrogens is 750 g/mol. The van der Waals surface area contributed by atoms with E-state index in [4.69, 9.17) is 95.0 Å². The Bertz CT molecular complexity index is 678. The SMILES string of the molecule is Cl.N=C(N)NN.O=CC(O)C(O)C(O)C(O)CO.O=CC(O)C(O)C(O)C(O)CO.O=P([O-])([O-])[O-].O=P([O-])([O-])[O-].[Ca+2].[Ca+2].[Ca+2]. The van der Waals surface area contributed by atoms with Gasteiger partial charge in [0, 0.05) is 0 Å². The topological polar surface area (TPSA) is 497 Å². The van der Waals surface area contributed by atoms with Crippen LogP contribution >= 0.6 is 28.1 Å². The van der Waals surface area contributed by atoms with Crippen molar-refractivity contribution >= 4 is 160 Å². The van der Waals surface area contributed by atoms with Crippen LogP contribution in [0.5, 0.6) is 0 Å². The summed E-state index contributed by atoms with van der Waals surface area (Å²) in [6.45, 7) is -1.52. The van der Waals surface area contributed by atoms with Crippen molar-refractivity contribution in [2.24, 2.45) is 11.6 Å². The predicted octanol–water partition coefficient (Wildman–Crippen LogP) is -14.8. The number of phosphoric acid groups is 2. The van der Waals surface area contributed by atoms with Gasteiger partial charge in [0.1, 0.15) is 48.8 Å². The third-order valence-corrected chi connectivity index (χ3v) is 3.00. The summed E-state index contributed by atoms with van der Waals surface area (Å²) in [7, 11) is -10.8. The first-order valence-corrected chi connectivity index (χ1v) is 12.1. The number of carbonyl (C=O) groups excluding carboxylic acids is 2. The summed E-state index contributed by atoms with van der Waals surface area (Å²) in [5.74, 6) is 4.35. The van der Waals surface area contributed by atoms with Crippen LogP contribution in [-0.4, -0.2) is 245 Å². The van der Waals surface area contributed by atoms with Crippen molar-refractivity contribution in [1.29, 1.82) is 5.41 Å². The molecule has 30 heteroatoms. The Labute approximate surface area is 339 Å². The van der Waals surface area contributed by atoms with Crippen molar-refractivity contribution in [3.05, 3.63) is 0 Å². The van der Waals surface area contributed by atoms with Gasteiger partial charge in [-0.2, -0.15) is 15.6 Å². The van der Waals surface area contributed by atoms with Crippen LogP contribution < -0.4 is 46.4 Å². The van der Waals surface area contributed by atoms with Gasteiger partial charge in [-0.05, 0) is 0 Å². The minimum Gasteiger partial charge on any atom is -0.822 e. The molecule has 8 unspecified atom stereocenters. The monoisotopic (exact) mass is 780 g/mol. The molecule has 0 aromatic carbocycles. The molecule has 0 fully saturated rings. The largest absolute Gasteiger partial charge is 2.00 e. The quantitative estimate of drug-likeness (QED) is 0.0186. The van der Waals surface area contributed by atoms with Gasteiger partial charge in [-0.15, -0.1) is 12.4 Å². The number of hydrazine groups is 1. The molecule has 16 N–H and O–H groups in total. The summed E-state index contributed by atoms with van der Waals surface area (Å²) < 4.78 is 17.1. The number of aliphatic hydroxyl groups is 10. The standard InChI is InChI=1S/2C6H12O6.CH6N4.3Ca.ClH.2H3O4P/c2*7-1-3(9)5(11)6(12)4(10)2-8;2-1(3)5-4;;;;;2*1-5(2,3)4/h2*1,3-6,8-12H,2H2;4H2,(H4,2,3,5);;;;1H;2*(H3,1,2,3,4)/q;;;3*+2;;;/p-6. The van der Waals surface area contributed by atoms with Crippen LogP contribution in [0.3, 0.4) is 0 Å². The summed E-state index contributed by atoms with van der Waals surface area (Å²) in [5.41, 5.74) is 6.53. The molecule has 0 heterocycles. The number of hydrogen-bond donors (Lipinski definition) is 14. The van der Waals surface area contributed by atoms with Gasteiger partial charge in [-0.3, -0.25) is 10.8 Å². The van der Waals surface area contributed by atoms with Gasteiger partial charge in [0.25, 0.3) is 0 Å². The van der Waals surface area contributed by atoms with Crippen molar-refractivity contribution in [1.82, 2.24) is 5.43 Å². The number of hydrogen-bond acceptors (Lipinski definition) is 22. The summed E-state index contributed by atoms with van der Waals surface area (Å²) in [4.78, 5) is 71.1. The van der Waals surface area contributed by atoms with E-state index in [2.05, 4.69) is 11.6 Å². The normalized spacial score (nSPS) is 15.3. The molecule has 0 aromatic heterocycles. The van der Waals surface area contributed by atoms with Crippen LogP contribution in [0.1, 0.15) is 0 Å². The Morgan fingerprint density at radius 3 is 0.930 bits per heavy atom. The summed E-state index contributed by atoms with van der Waals surface area (Å²) in [5, 5.41) is 93.4. The molecule has 8 atom stereocenters. The molecule has 0 saturated carbocycles. The number of rotatable bonds is 10. The zero-order chi connectivity index (χ0) is 32.7. The number of nitrogens with two attached hydrogens (primary N) is 2. The molecule has 0 rings (SSSR count). The molecule has 24 nitrogen and oxygen atoms in total. The Hall–Kier alpha value is 2.46. The Morgan fingerprint density at radius 2 is 0.837 bits per heavy atom. The van der Waals surface area contributed by atoms with E-state index in [1.54, 1.807) is 0 Å². The Kier molecular flexibility index (Phi) is 61.2. The molecular formula is C13H31Ca3ClN4O20P2. The van der Waals surface area contributed by atoms with E-state index in [0.717, 1.165) is 0 Å². The van der Waals surface area contributed by atoms with Crippen molar-refractivity contribution in [2.45, 2.75) is 48.8 Å². The summed E-state index contributed by atoms with van der Waals surface area (Å²) >= 11 is 0. The Morgan fingerprint density at radius 1 is 0.674 bits per heavy atom. The molecule has 0 radical (unpaired) electrons. The molecule has 0 aliphatic rings. The van der Waals surface area contributed by atoms with Crippen molar-refractivity contribution in [3.63, 3.8) is 0 Å². The van der Waals surface area contributed by atoms with Crippen molar-refractivity contribution in [2.75, 3.05) is 13.2 Å². The average molecular weight is 781 g/mol.